The van der Waals surface area contributed by atoms with Gasteiger partial charge >= 0.3 is 12.4 Å². The molecular weight excluding hydrogens is 403 g/mol. The summed E-state index contributed by atoms with van der Waals surface area (Å²) in [5.74, 6) is -1.67. The number of imide groups is 1. The summed E-state index contributed by atoms with van der Waals surface area (Å²) >= 11 is 0. The highest BCUT2D eigenvalue weighted by Crippen LogP contribution is 2.46. The van der Waals surface area contributed by atoms with Gasteiger partial charge in [-0.2, -0.15) is 0 Å². The second kappa shape index (κ2) is 7.48. The zero-order valence-corrected chi connectivity index (χ0v) is 16.9. The third kappa shape index (κ3) is 4.68. The molecule has 2 fully saturated rings. The van der Waals surface area contributed by atoms with Crippen molar-refractivity contribution in [2.24, 2.45) is 11.3 Å². The summed E-state index contributed by atoms with van der Waals surface area (Å²) in [6.45, 7) is 5.45. The fourth-order valence-corrected chi connectivity index (χ4v) is 4.77. The largest absolute Gasteiger partial charge is 0.573 e. The molecule has 0 radical (unpaired) electrons. The molecule has 2 aliphatic rings. The van der Waals surface area contributed by atoms with E-state index in [0.717, 1.165) is 17.4 Å². The number of carbonyl (C=O) groups excluding carboxylic acids is 3. The van der Waals surface area contributed by atoms with Crippen LogP contribution in [0.3, 0.4) is 0 Å². The van der Waals surface area contributed by atoms with Crippen molar-refractivity contribution in [3.8, 4) is 5.75 Å². The van der Waals surface area contributed by atoms with E-state index in [1.54, 1.807) is 0 Å². The van der Waals surface area contributed by atoms with Gasteiger partial charge in [0.1, 0.15) is 12.1 Å². The molecule has 1 aromatic rings. The number of hydrogen-bond donors (Lipinski definition) is 2. The second-order valence-corrected chi connectivity index (χ2v) is 8.85. The lowest BCUT2D eigenvalue weighted by Gasteiger charge is -2.43. The molecule has 7 nitrogen and oxygen atoms in total. The molecule has 1 spiro atoms. The molecule has 10 heteroatoms. The Morgan fingerprint density at radius 1 is 1.27 bits per heavy atom. The highest BCUT2D eigenvalue weighted by molar-refractivity contribution is 6.10. The van der Waals surface area contributed by atoms with E-state index >= 15 is 0 Å². The number of hydrogen-bond acceptors (Lipinski definition) is 4. The van der Waals surface area contributed by atoms with Gasteiger partial charge in [-0.3, -0.25) is 14.5 Å². The van der Waals surface area contributed by atoms with Gasteiger partial charge in [0.15, 0.2) is 5.75 Å². The van der Waals surface area contributed by atoms with Gasteiger partial charge in [-0.25, -0.2) is 4.79 Å². The maximum atomic E-state index is 13.1. The van der Waals surface area contributed by atoms with Crippen LogP contribution in [0.2, 0.25) is 0 Å². The molecule has 4 amide bonds. The molecule has 1 aliphatic heterocycles. The minimum absolute atomic E-state index is 0.160. The Morgan fingerprint density at radius 2 is 1.93 bits per heavy atom. The molecule has 0 aromatic heterocycles. The first-order valence-corrected chi connectivity index (χ1v) is 9.59. The number of anilines is 1. The van der Waals surface area contributed by atoms with E-state index in [2.05, 4.69) is 15.4 Å². The summed E-state index contributed by atoms with van der Waals surface area (Å²) in [4.78, 5) is 38.8. The van der Waals surface area contributed by atoms with Crippen molar-refractivity contribution in [3.05, 3.63) is 24.3 Å². The first-order valence-electron chi connectivity index (χ1n) is 9.59. The summed E-state index contributed by atoms with van der Waals surface area (Å²) in [5.41, 5.74) is -1.43. The first-order chi connectivity index (χ1) is 13.8. The SMILES string of the molecule is C[C@@H]1CC(C)(C)C[C@]2(C1)NC(=O)N(CC(=O)Nc1ccccc1OC(F)(F)F)C2=O. The van der Waals surface area contributed by atoms with Gasteiger partial charge in [0.25, 0.3) is 5.91 Å². The van der Waals surface area contributed by atoms with E-state index in [-0.39, 0.29) is 17.0 Å². The van der Waals surface area contributed by atoms with Crippen LogP contribution in [0.25, 0.3) is 0 Å². The van der Waals surface area contributed by atoms with Crippen LogP contribution in [0.1, 0.15) is 40.0 Å². The Bertz CT molecular complexity index is 871. The smallest absolute Gasteiger partial charge is 0.404 e. The molecule has 1 aromatic carbocycles. The molecule has 2 atom stereocenters. The van der Waals surface area contributed by atoms with Gasteiger partial charge in [-0.15, -0.1) is 13.2 Å². The predicted octanol–water partition coefficient (Wildman–Crippen LogP) is 3.66. The Hall–Kier alpha value is -2.78. The molecule has 1 heterocycles. The van der Waals surface area contributed by atoms with Crippen LogP contribution < -0.4 is 15.4 Å². The van der Waals surface area contributed by atoms with Crippen molar-refractivity contribution in [1.29, 1.82) is 0 Å². The normalized spacial score (nSPS) is 25.9. The molecule has 2 N–H and O–H groups in total. The zero-order valence-electron chi connectivity index (χ0n) is 16.9. The van der Waals surface area contributed by atoms with Crippen LogP contribution in [0, 0.1) is 11.3 Å². The fourth-order valence-electron chi connectivity index (χ4n) is 4.77. The van der Waals surface area contributed by atoms with E-state index in [1.807, 2.05) is 20.8 Å². The number of alkyl halides is 3. The number of amides is 4. The summed E-state index contributed by atoms with van der Waals surface area (Å²) in [7, 11) is 0. The van der Waals surface area contributed by atoms with Crippen LogP contribution >= 0.6 is 0 Å². The molecular formula is C20H24F3N3O4. The minimum atomic E-state index is -4.93. The zero-order chi connectivity index (χ0) is 22.3. The summed E-state index contributed by atoms with van der Waals surface area (Å²) in [5, 5.41) is 5.03. The molecule has 0 unspecified atom stereocenters. The molecule has 3 rings (SSSR count). The maximum Gasteiger partial charge on any atom is 0.573 e. The molecule has 1 saturated heterocycles. The summed E-state index contributed by atoms with van der Waals surface area (Å²) in [6, 6.07) is 4.35. The van der Waals surface area contributed by atoms with E-state index in [9.17, 15) is 27.6 Å². The lowest BCUT2D eigenvalue weighted by Crippen LogP contribution is -2.54. The van der Waals surface area contributed by atoms with Gasteiger partial charge in [0.2, 0.25) is 5.91 Å². The number of benzene rings is 1. The van der Waals surface area contributed by atoms with Crippen molar-refractivity contribution in [3.63, 3.8) is 0 Å². The first kappa shape index (κ1) is 21.9. The highest BCUT2D eigenvalue weighted by atomic mass is 19.4. The van der Waals surface area contributed by atoms with Crippen LogP contribution in [0.5, 0.6) is 5.75 Å². The Kier molecular flexibility index (Phi) is 5.46. The van der Waals surface area contributed by atoms with Crippen LogP contribution in [0.15, 0.2) is 24.3 Å². The summed E-state index contributed by atoms with van der Waals surface area (Å²) in [6.07, 6.45) is -3.09. The third-order valence-corrected chi connectivity index (χ3v) is 5.31. The third-order valence-electron chi connectivity index (χ3n) is 5.31. The van der Waals surface area contributed by atoms with Gasteiger partial charge in [0.05, 0.1) is 5.69 Å². The fraction of sp³-hybridized carbons (Fsp3) is 0.550. The molecule has 164 valence electrons. The molecule has 30 heavy (non-hydrogen) atoms. The van der Waals surface area contributed by atoms with Crippen LogP contribution in [0.4, 0.5) is 23.7 Å². The Morgan fingerprint density at radius 3 is 2.57 bits per heavy atom. The quantitative estimate of drug-likeness (QED) is 0.718. The lowest BCUT2D eigenvalue weighted by atomic mass is 9.64. The number of nitrogens with zero attached hydrogens (tertiary/aromatic N) is 1. The van der Waals surface area contributed by atoms with Crippen LogP contribution in [-0.4, -0.2) is 41.2 Å². The van der Waals surface area contributed by atoms with E-state index < -0.39 is 42.0 Å². The highest BCUT2D eigenvalue weighted by Gasteiger charge is 2.56. The van der Waals surface area contributed by atoms with Crippen LogP contribution in [-0.2, 0) is 9.59 Å². The monoisotopic (exact) mass is 427 g/mol. The number of para-hydroxylation sites is 2. The van der Waals surface area contributed by atoms with Gasteiger partial charge in [-0.05, 0) is 42.7 Å². The predicted molar refractivity (Wildman–Crippen MR) is 102 cm³/mol. The van der Waals surface area contributed by atoms with Gasteiger partial charge in [0, 0.05) is 0 Å². The van der Waals surface area contributed by atoms with Crippen molar-refractivity contribution < 1.29 is 32.3 Å². The number of urea groups is 1. The standard InChI is InChI=1S/C20H24F3N3O4/c1-12-8-18(2,3)11-19(9-12)16(28)26(17(29)25-19)10-15(27)24-13-6-4-5-7-14(13)30-20(21,22)23/h4-7,12H,8-11H2,1-3H3,(H,24,27)(H,25,29)/t12-,19+/m1/s1. The number of carbonyl (C=O) groups is 3. The second-order valence-electron chi connectivity index (χ2n) is 8.85. The van der Waals surface area contributed by atoms with Crippen molar-refractivity contribution in [2.75, 3.05) is 11.9 Å². The Balaban J connectivity index is 1.72. The average molecular weight is 427 g/mol. The maximum absolute atomic E-state index is 13.1. The van der Waals surface area contributed by atoms with Gasteiger partial charge < -0.3 is 15.4 Å². The number of rotatable bonds is 4. The summed E-state index contributed by atoms with van der Waals surface area (Å²) < 4.78 is 41.5. The van der Waals surface area contributed by atoms with Crippen molar-refractivity contribution >= 4 is 23.5 Å². The minimum Gasteiger partial charge on any atom is -0.404 e. The molecule has 1 aliphatic carbocycles. The Labute approximate surface area is 171 Å². The number of nitrogens with one attached hydrogen (secondary N) is 2. The lowest BCUT2D eigenvalue weighted by molar-refractivity contribution is -0.274. The molecule has 1 saturated carbocycles. The van der Waals surface area contributed by atoms with Crippen molar-refractivity contribution in [1.82, 2.24) is 10.2 Å². The van der Waals surface area contributed by atoms with Crippen molar-refractivity contribution in [2.45, 2.75) is 51.9 Å². The van der Waals surface area contributed by atoms with E-state index in [0.29, 0.717) is 12.8 Å². The van der Waals surface area contributed by atoms with E-state index in [4.69, 9.17) is 0 Å². The molecule has 0 bridgehead atoms. The number of ether oxygens (including phenoxy) is 1. The number of halogens is 3. The van der Waals surface area contributed by atoms with E-state index in [1.165, 1.54) is 18.2 Å². The topological polar surface area (TPSA) is 87.7 Å². The average Bonchev–Trinajstić information content (AvgIpc) is 2.77. The van der Waals surface area contributed by atoms with Gasteiger partial charge in [-0.1, -0.05) is 32.9 Å².